The molecule has 1 aromatic heterocycles. The average Bonchev–Trinajstić information content (AvgIpc) is 3.04. The highest BCUT2D eigenvalue weighted by Crippen LogP contribution is 2.34. The van der Waals surface area contributed by atoms with Crippen LogP contribution in [0.3, 0.4) is 0 Å². The van der Waals surface area contributed by atoms with Crippen molar-refractivity contribution in [2.75, 3.05) is 6.54 Å². The number of halogens is 1. The number of sulfonamides is 1. The molecule has 9 heteroatoms. The Morgan fingerprint density at radius 1 is 1.68 bits per heavy atom. The van der Waals surface area contributed by atoms with Crippen LogP contribution in [0.4, 0.5) is 0 Å². The van der Waals surface area contributed by atoms with E-state index in [1.807, 2.05) is 0 Å². The smallest absolute Gasteiger partial charge is 0.262 e. The topological polar surface area (TPSA) is 81.2 Å². The molecule has 106 valence electrons. The second-order valence-corrected chi connectivity index (χ2v) is 7.22. The first-order valence-electron chi connectivity index (χ1n) is 5.81. The van der Waals surface area contributed by atoms with Crippen molar-refractivity contribution >= 4 is 38.8 Å². The summed E-state index contributed by atoms with van der Waals surface area (Å²) in [5, 5.41) is 4.01. The maximum atomic E-state index is 12.6. The van der Waals surface area contributed by atoms with Gasteiger partial charge in [-0.2, -0.15) is 9.40 Å². The summed E-state index contributed by atoms with van der Waals surface area (Å²) in [5.74, 6) is 0. The number of rotatable bonds is 6. The summed E-state index contributed by atoms with van der Waals surface area (Å²) in [6, 6.07) is 0.0188. The fraction of sp³-hybridized carbons (Fsp3) is 0.600. The van der Waals surface area contributed by atoms with Crippen LogP contribution < -0.4 is 5.73 Å². The lowest BCUT2D eigenvalue weighted by atomic mass is 10.4. The standard InChI is InChI=1S/C10H15ClN4O2S2/c1-14-10(8(11)6-13-14)19(16,17)15(7-2-3-7)5-4-9(12)18/h6-7H,2-5H2,1H3,(H2,12,18). The third kappa shape index (κ3) is 3.07. The molecule has 2 N–H and O–H groups in total. The summed E-state index contributed by atoms with van der Waals surface area (Å²) in [6.45, 7) is 0.282. The molecule has 0 spiro atoms. The molecule has 0 unspecified atom stereocenters. The van der Waals surface area contributed by atoms with Gasteiger partial charge in [0.2, 0.25) is 0 Å². The second kappa shape index (κ2) is 5.35. The first-order chi connectivity index (χ1) is 8.84. The van der Waals surface area contributed by atoms with E-state index in [1.54, 1.807) is 7.05 Å². The van der Waals surface area contributed by atoms with Crippen molar-refractivity contribution in [2.24, 2.45) is 12.8 Å². The lowest BCUT2D eigenvalue weighted by Gasteiger charge is -2.21. The van der Waals surface area contributed by atoms with E-state index in [2.05, 4.69) is 5.10 Å². The summed E-state index contributed by atoms with van der Waals surface area (Å²) in [5.41, 5.74) is 5.45. The van der Waals surface area contributed by atoms with Gasteiger partial charge in [0.15, 0.2) is 5.03 Å². The monoisotopic (exact) mass is 322 g/mol. The number of nitrogens with two attached hydrogens (primary N) is 1. The number of aromatic nitrogens is 2. The van der Waals surface area contributed by atoms with Crippen LogP contribution in [0.1, 0.15) is 19.3 Å². The van der Waals surface area contributed by atoms with Crippen LogP contribution in [0, 0.1) is 0 Å². The minimum absolute atomic E-state index is 0.0176. The van der Waals surface area contributed by atoms with Crippen molar-refractivity contribution in [2.45, 2.75) is 30.3 Å². The highest BCUT2D eigenvalue weighted by Gasteiger charge is 2.40. The van der Waals surface area contributed by atoms with Gasteiger partial charge >= 0.3 is 0 Å². The predicted octanol–water partition coefficient (Wildman–Crippen LogP) is 0.903. The van der Waals surface area contributed by atoms with Crippen molar-refractivity contribution in [3.8, 4) is 0 Å². The zero-order valence-electron chi connectivity index (χ0n) is 10.4. The molecule has 0 saturated heterocycles. The normalized spacial score (nSPS) is 15.9. The van der Waals surface area contributed by atoms with Gasteiger partial charge in [-0.05, 0) is 12.8 Å². The number of hydrogen-bond acceptors (Lipinski definition) is 4. The van der Waals surface area contributed by atoms with Crippen molar-refractivity contribution in [3.05, 3.63) is 11.2 Å². The van der Waals surface area contributed by atoms with Crippen LogP contribution >= 0.6 is 23.8 Å². The maximum absolute atomic E-state index is 12.6. The van der Waals surface area contributed by atoms with Gasteiger partial charge in [-0.1, -0.05) is 23.8 Å². The fourth-order valence-electron chi connectivity index (χ4n) is 1.88. The molecule has 1 fully saturated rings. The van der Waals surface area contributed by atoms with E-state index in [0.717, 1.165) is 12.8 Å². The van der Waals surface area contributed by atoms with Crippen LogP contribution in [0.5, 0.6) is 0 Å². The van der Waals surface area contributed by atoms with Crippen LogP contribution in [-0.4, -0.2) is 40.1 Å². The van der Waals surface area contributed by atoms with E-state index >= 15 is 0 Å². The SMILES string of the molecule is Cn1ncc(Cl)c1S(=O)(=O)N(CCC(N)=S)C1CC1. The van der Waals surface area contributed by atoms with Gasteiger partial charge in [-0.25, -0.2) is 8.42 Å². The Hall–Kier alpha value is -0.700. The largest absolute Gasteiger partial charge is 0.393 e. The van der Waals surface area contributed by atoms with Crippen LogP contribution in [-0.2, 0) is 17.1 Å². The zero-order valence-corrected chi connectivity index (χ0v) is 12.8. The van der Waals surface area contributed by atoms with Gasteiger partial charge < -0.3 is 5.73 Å². The number of nitrogens with zero attached hydrogens (tertiary/aromatic N) is 3. The molecule has 1 aliphatic carbocycles. The van der Waals surface area contributed by atoms with E-state index < -0.39 is 10.0 Å². The quantitative estimate of drug-likeness (QED) is 0.787. The third-order valence-corrected chi connectivity index (χ3v) is 5.59. The summed E-state index contributed by atoms with van der Waals surface area (Å²) < 4.78 is 27.9. The molecular weight excluding hydrogens is 308 g/mol. The molecule has 1 saturated carbocycles. The molecule has 0 aliphatic heterocycles. The lowest BCUT2D eigenvalue weighted by Crippen LogP contribution is -2.36. The van der Waals surface area contributed by atoms with Crippen LogP contribution in [0.25, 0.3) is 0 Å². The average molecular weight is 323 g/mol. The van der Waals surface area contributed by atoms with E-state index in [1.165, 1.54) is 15.2 Å². The highest BCUT2D eigenvalue weighted by atomic mass is 35.5. The van der Waals surface area contributed by atoms with E-state index in [9.17, 15) is 8.42 Å². The summed E-state index contributed by atoms with van der Waals surface area (Å²) in [7, 11) is -2.11. The Labute approximate surface area is 122 Å². The lowest BCUT2D eigenvalue weighted by molar-refractivity contribution is 0.407. The molecule has 0 amide bonds. The second-order valence-electron chi connectivity index (χ2n) is 4.48. The van der Waals surface area contributed by atoms with Gasteiger partial charge in [0.05, 0.1) is 16.2 Å². The maximum Gasteiger partial charge on any atom is 0.262 e. The van der Waals surface area contributed by atoms with Gasteiger partial charge in [0.25, 0.3) is 10.0 Å². The Morgan fingerprint density at radius 2 is 2.32 bits per heavy atom. The van der Waals surface area contributed by atoms with Gasteiger partial charge in [-0.3, -0.25) is 4.68 Å². The molecule has 1 heterocycles. The summed E-state index contributed by atoms with van der Waals surface area (Å²) in [6.07, 6.45) is 3.39. The molecule has 19 heavy (non-hydrogen) atoms. The molecule has 1 aliphatic rings. The number of thiocarbonyl (C=S) groups is 1. The molecule has 6 nitrogen and oxygen atoms in total. The van der Waals surface area contributed by atoms with Gasteiger partial charge in [-0.15, -0.1) is 0 Å². The predicted molar refractivity (Wildman–Crippen MR) is 76.5 cm³/mol. The van der Waals surface area contributed by atoms with Gasteiger partial charge in [0.1, 0.15) is 0 Å². The van der Waals surface area contributed by atoms with Crippen molar-refractivity contribution in [1.82, 2.24) is 14.1 Å². The minimum atomic E-state index is -3.66. The van der Waals surface area contributed by atoms with Crippen molar-refractivity contribution in [3.63, 3.8) is 0 Å². The number of aryl methyl sites for hydroxylation is 1. The van der Waals surface area contributed by atoms with Crippen LogP contribution in [0.2, 0.25) is 5.02 Å². The van der Waals surface area contributed by atoms with Gasteiger partial charge in [0, 0.05) is 26.1 Å². The molecule has 0 bridgehead atoms. The van der Waals surface area contributed by atoms with E-state index in [0.29, 0.717) is 11.4 Å². The Bertz CT molecular complexity index is 575. The molecule has 1 aromatic rings. The molecule has 2 rings (SSSR count). The molecule has 0 aromatic carbocycles. The summed E-state index contributed by atoms with van der Waals surface area (Å²) >= 11 is 10.7. The van der Waals surface area contributed by atoms with E-state index in [-0.39, 0.29) is 22.6 Å². The summed E-state index contributed by atoms with van der Waals surface area (Å²) in [4.78, 5) is 0.303. The van der Waals surface area contributed by atoms with E-state index in [4.69, 9.17) is 29.6 Å². The first-order valence-corrected chi connectivity index (χ1v) is 8.04. The third-order valence-electron chi connectivity index (χ3n) is 2.93. The molecular formula is C10H15ClN4O2S2. The Kier molecular flexibility index (Phi) is 4.14. The first kappa shape index (κ1) is 14.7. The zero-order chi connectivity index (χ0) is 14.2. The Balaban J connectivity index is 2.32. The van der Waals surface area contributed by atoms with Crippen LogP contribution in [0.15, 0.2) is 11.2 Å². The van der Waals surface area contributed by atoms with Crippen molar-refractivity contribution < 1.29 is 8.42 Å². The Morgan fingerprint density at radius 3 is 2.74 bits per heavy atom. The minimum Gasteiger partial charge on any atom is -0.393 e. The molecule has 0 atom stereocenters. The van der Waals surface area contributed by atoms with Crippen molar-refractivity contribution in [1.29, 1.82) is 0 Å². The highest BCUT2D eigenvalue weighted by molar-refractivity contribution is 7.89. The fourth-order valence-corrected chi connectivity index (χ4v) is 4.27. The molecule has 0 radical (unpaired) electrons. The number of hydrogen-bond donors (Lipinski definition) is 1.